The van der Waals surface area contributed by atoms with Gasteiger partial charge in [0.1, 0.15) is 6.33 Å². The standard InChI is InChI=1S/C16H11F3N4S/c17-16(18,19)12-3-7-14(8-4-12)23-9-20-15(22-23)11-1-5-13(6-2-11)21-10-24/h1-10H,(H,21,24). The molecule has 1 heterocycles. The van der Waals surface area contributed by atoms with Gasteiger partial charge < -0.3 is 5.32 Å². The summed E-state index contributed by atoms with van der Waals surface area (Å²) in [5.74, 6) is 0.476. The van der Waals surface area contributed by atoms with Crippen molar-refractivity contribution in [3.8, 4) is 17.1 Å². The Morgan fingerprint density at radius 2 is 1.67 bits per heavy atom. The van der Waals surface area contributed by atoms with Gasteiger partial charge in [-0.3, -0.25) is 0 Å². The molecule has 0 aliphatic rings. The van der Waals surface area contributed by atoms with Crippen molar-refractivity contribution in [2.24, 2.45) is 0 Å². The molecule has 0 radical (unpaired) electrons. The van der Waals surface area contributed by atoms with Crippen LogP contribution in [0.5, 0.6) is 0 Å². The Balaban J connectivity index is 1.83. The monoisotopic (exact) mass is 348 g/mol. The number of thiocarbonyl (C=S) groups is 1. The van der Waals surface area contributed by atoms with Crippen LogP contribution in [0.3, 0.4) is 0 Å². The van der Waals surface area contributed by atoms with Gasteiger partial charge in [-0.15, -0.1) is 5.10 Å². The van der Waals surface area contributed by atoms with E-state index in [2.05, 4.69) is 15.4 Å². The Labute approximate surface area is 141 Å². The molecule has 0 spiro atoms. The van der Waals surface area contributed by atoms with Gasteiger partial charge in [-0.25, -0.2) is 9.67 Å². The number of alkyl halides is 3. The quantitative estimate of drug-likeness (QED) is 0.713. The smallest absolute Gasteiger partial charge is 0.353 e. The van der Waals surface area contributed by atoms with Crippen molar-refractivity contribution >= 4 is 23.4 Å². The first-order chi connectivity index (χ1) is 11.5. The lowest BCUT2D eigenvalue weighted by Crippen LogP contribution is -2.05. The molecule has 4 nitrogen and oxygen atoms in total. The molecule has 3 rings (SSSR count). The van der Waals surface area contributed by atoms with Gasteiger partial charge in [0, 0.05) is 11.3 Å². The molecule has 0 unspecified atom stereocenters. The second-order valence-corrected chi connectivity index (χ2v) is 5.13. The van der Waals surface area contributed by atoms with Gasteiger partial charge in [0.2, 0.25) is 0 Å². The van der Waals surface area contributed by atoms with Gasteiger partial charge in [0.05, 0.1) is 16.7 Å². The van der Waals surface area contributed by atoms with Crippen LogP contribution in [0.1, 0.15) is 5.56 Å². The van der Waals surface area contributed by atoms with Gasteiger partial charge in [0.15, 0.2) is 5.82 Å². The number of benzene rings is 2. The average molecular weight is 348 g/mol. The number of halogens is 3. The minimum atomic E-state index is -4.36. The molecule has 0 saturated carbocycles. The first kappa shape index (κ1) is 16.1. The van der Waals surface area contributed by atoms with Crippen molar-refractivity contribution in [1.29, 1.82) is 0 Å². The number of rotatable bonds is 4. The number of hydrogen-bond acceptors (Lipinski definition) is 3. The summed E-state index contributed by atoms with van der Waals surface area (Å²) >= 11 is 4.72. The summed E-state index contributed by atoms with van der Waals surface area (Å²) in [5.41, 5.74) is 2.84. The van der Waals surface area contributed by atoms with E-state index in [-0.39, 0.29) is 0 Å². The zero-order valence-corrected chi connectivity index (χ0v) is 13.0. The maximum Gasteiger partial charge on any atom is 0.416 e. The molecular weight excluding hydrogens is 337 g/mol. The van der Waals surface area contributed by atoms with Crippen LogP contribution in [0.25, 0.3) is 17.1 Å². The highest BCUT2D eigenvalue weighted by Crippen LogP contribution is 2.29. The Hall–Kier alpha value is -2.74. The number of aromatic nitrogens is 3. The van der Waals surface area contributed by atoms with Crippen LogP contribution in [0, 0.1) is 0 Å². The first-order valence-corrected chi connectivity index (χ1v) is 7.34. The molecule has 2 aromatic carbocycles. The maximum absolute atomic E-state index is 12.6. The maximum atomic E-state index is 12.6. The zero-order chi connectivity index (χ0) is 17.2. The lowest BCUT2D eigenvalue weighted by atomic mass is 10.2. The van der Waals surface area contributed by atoms with Gasteiger partial charge in [0.25, 0.3) is 0 Å². The summed E-state index contributed by atoms with van der Waals surface area (Å²) in [6, 6.07) is 12.1. The largest absolute Gasteiger partial charge is 0.416 e. The summed E-state index contributed by atoms with van der Waals surface area (Å²) in [7, 11) is 0. The molecule has 8 heteroatoms. The second-order valence-electron chi connectivity index (χ2n) is 4.90. The van der Waals surface area contributed by atoms with Crippen molar-refractivity contribution in [1.82, 2.24) is 14.8 Å². The number of anilines is 1. The summed E-state index contributed by atoms with van der Waals surface area (Å²) in [4.78, 5) is 4.19. The summed E-state index contributed by atoms with van der Waals surface area (Å²) in [5, 5.41) is 7.18. The van der Waals surface area contributed by atoms with E-state index in [1.165, 1.54) is 28.6 Å². The molecule has 1 N–H and O–H groups in total. The highest BCUT2D eigenvalue weighted by Gasteiger charge is 2.30. The summed E-state index contributed by atoms with van der Waals surface area (Å²) < 4.78 is 39.2. The Morgan fingerprint density at radius 3 is 2.25 bits per heavy atom. The van der Waals surface area contributed by atoms with E-state index >= 15 is 0 Å². The Morgan fingerprint density at radius 1 is 1.00 bits per heavy atom. The molecular formula is C16H11F3N4S. The topological polar surface area (TPSA) is 42.7 Å². The van der Waals surface area contributed by atoms with E-state index in [1.54, 1.807) is 0 Å². The van der Waals surface area contributed by atoms with Gasteiger partial charge in [-0.2, -0.15) is 13.2 Å². The third-order valence-electron chi connectivity index (χ3n) is 3.32. The summed E-state index contributed by atoms with van der Waals surface area (Å²) in [6.45, 7) is 0. The highest BCUT2D eigenvalue weighted by molar-refractivity contribution is 7.79. The molecule has 1 aromatic heterocycles. The predicted molar refractivity (Wildman–Crippen MR) is 89.1 cm³/mol. The minimum absolute atomic E-state index is 0.476. The third-order valence-corrected chi connectivity index (χ3v) is 3.44. The molecule has 0 amide bonds. The van der Waals surface area contributed by atoms with Crippen LogP contribution < -0.4 is 5.32 Å². The molecule has 3 aromatic rings. The van der Waals surface area contributed by atoms with Crippen LogP contribution in [-0.4, -0.2) is 20.3 Å². The summed E-state index contributed by atoms with van der Waals surface area (Å²) in [6.07, 6.45) is -2.90. The SMILES string of the molecule is FC(F)(F)c1ccc(-n2cnc(-c3ccc(NC=S)cc3)n2)cc1. The normalized spacial score (nSPS) is 11.3. The van der Waals surface area contributed by atoms with Crippen molar-refractivity contribution in [2.45, 2.75) is 6.18 Å². The zero-order valence-electron chi connectivity index (χ0n) is 12.2. The molecule has 24 heavy (non-hydrogen) atoms. The van der Waals surface area contributed by atoms with E-state index in [9.17, 15) is 13.2 Å². The molecule has 0 fully saturated rings. The van der Waals surface area contributed by atoms with Crippen molar-refractivity contribution < 1.29 is 13.2 Å². The van der Waals surface area contributed by atoms with Crippen LogP contribution in [0.2, 0.25) is 0 Å². The average Bonchev–Trinajstić information content (AvgIpc) is 3.05. The number of hydrogen-bond donors (Lipinski definition) is 1. The molecule has 0 aliphatic heterocycles. The fourth-order valence-corrected chi connectivity index (χ4v) is 2.24. The predicted octanol–water partition coefficient (Wildman–Crippen LogP) is 4.32. The van der Waals surface area contributed by atoms with Gasteiger partial charge >= 0.3 is 6.18 Å². The fourth-order valence-electron chi connectivity index (χ4n) is 2.11. The van der Waals surface area contributed by atoms with Crippen molar-refractivity contribution in [3.05, 3.63) is 60.4 Å². The Kier molecular flexibility index (Phi) is 4.30. The Bertz CT molecular complexity index is 839. The highest BCUT2D eigenvalue weighted by atomic mass is 32.1. The van der Waals surface area contributed by atoms with Crippen LogP contribution in [0.15, 0.2) is 54.9 Å². The van der Waals surface area contributed by atoms with Gasteiger partial charge in [-0.05, 0) is 48.5 Å². The fraction of sp³-hybridized carbons (Fsp3) is 0.0625. The number of nitrogens with zero attached hydrogens (tertiary/aromatic N) is 3. The molecule has 0 aliphatic carbocycles. The third kappa shape index (κ3) is 3.43. The van der Waals surface area contributed by atoms with E-state index in [1.807, 2.05) is 24.3 Å². The van der Waals surface area contributed by atoms with Crippen molar-refractivity contribution in [3.63, 3.8) is 0 Å². The molecule has 0 bridgehead atoms. The molecule has 0 atom stereocenters. The molecule has 122 valence electrons. The van der Waals surface area contributed by atoms with Gasteiger partial charge in [-0.1, -0.05) is 12.2 Å². The van der Waals surface area contributed by atoms with Crippen LogP contribution in [0.4, 0.5) is 18.9 Å². The molecule has 0 saturated heterocycles. The van der Waals surface area contributed by atoms with E-state index in [4.69, 9.17) is 12.2 Å². The van der Waals surface area contributed by atoms with E-state index in [0.717, 1.165) is 23.4 Å². The number of nitrogens with one attached hydrogen (secondary N) is 1. The second kappa shape index (κ2) is 6.40. The minimum Gasteiger partial charge on any atom is -0.353 e. The van der Waals surface area contributed by atoms with Crippen LogP contribution in [-0.2, 0) is 6.18 Å². The first-order valence-electron chi connectivity index (χ1n) is 6.87. The van der Waals surface area contributed by atoms with E-state index in [0.29, 0.717) is 11.5 Å². The lowest BCUT2D eigenvalue weighted by Gasteiger charge is -2.07. The van der Waals surface area contributed by atoms with E-state index < -0.39 is 11.7 Å². The lowest BCUT2D eigenvalue weighted by molar-refractivity contribution is -0.137. The van der Waals surface area contributed by atoms with Crippen LogP contribution >= 0.6 is 12.2 Å². The van der Waals surface area contributed by atoms with Crippen molar-refractivity contribution in [2.75, 3.05) is 5.32 Å².